The molecule has 1 aliphatic rings. The van der Waals surface area contributed by atoms with Crippen molar-refractivity contribution in [2.45, 2.75) is 19.4 Å². The van der Waals surface area contributed by atoms with Gasteiger partial charge in [-0.15, -0.1) is 0 Å². The third-order valence-electron chi connectivity index (χ3n) is 6.81. The molecule has 0 unspecified atom stereocenters. The maximum Gasteiger partial charge on any atom is 0.247 e. The zero-order valence-corrected chi connectivity index (χ0v) is 22.5. The summed E-state index contributed by atoms with van der Waals surface area (Å²) in [4.78, 5) is 10.1. The fourth-order valence-electron chi connectivity index (χ4n) is 4.94. The Balaban J connectivity index is 1.53. The van der Waals surface area contributed by atoms with Crippen LogP contribution in [0.15, 0.2) is 102 Å². The lowest BCUT2D eigenvalue weighted by molar-refractivity contribution is 0.334. The number of benzene rings is 4. The van der Waals surface area contributed by atoms with Gasteiger partial charge in [-0.05, 0) is 61.0 Å². The van der Waals surface area contributed by atoms with Crippen LogP contribution in [0.2, 0.25) is 5.02 Å². The number of para-hydroxylation sites is 1. The molecule has 1 aliphatic heterocycles. The van der Waals surface area contributed by atoms with Crippen molar-refractivity contribution < 1.29 is 9.47 Å². The second kappa shape index (κ2) is 10.8. The van der Waals surface area contributed by atoms with Crippen LogP contribution >= 0.6 is 11.6 Å². The molecule has 0 spiro atoms. The maximum absolute atomic E-state index is 6.39. The van der Waals surface area contributed by atoms with E-state index in [1.54, 1.807) is 7.11 Å². The van der Waals surface area contributed by atoms with Crippen LogP contribution in [-0.4, -0.2) is 29.4 Å². The molecule has 6 rings (SSSR count). The van der Waals surface area contributed by atoms with Crippen LogP contribution in [0.25, 0.3) is 22.2 Å². The summed E-state index contributed by atoms with van der Waals surface area (Å²) in [6.45, 7) is 2.56. The molecule has 0 fully saturated rings. The lowest BCUT2D eigenvalue weighted by atomic mass is 9.97. The average Bonchev–Trinajstić information content (AvgIpc) is 3.43. The predicted molar refractivity (Wildman–Crippen MR) is 157 cm³/mol. The SMILES string of the molecule is CCOc1ccccc1[C@@H]1CC(c2ccc(OC)cc2)=NN1c1nc(-c2ccccc2)c2cc(Cl)ccc2n1. The van der Waals surface area contributed by atoms with E-state index in [1.807, 2.05) is 103 Å². The van der Waals surface area contributed by atoms with E-state index in [2.05, 4.69) is 6.07 Å². The standard InChI is InChI=1S/C32H27ClN4O2/c1-3-39-30-12-8-7-11-25(30)29-20-28(21-13-16-24(38-2)17-14-21)36-37(29)32-34-27-18-15-23(33)19-26(27)31(35-32)22-9-5-4-6-10-22/h4-19,29H,3,20H2,1-2H3/t29-/m0/s1. The molecule has 6 nitrogen and oxygen atoms in total. The first-order valence-corrected chi connectivity index (χ1v) is 13.3. The van der Waals surface area contributed by atoms with Crippen LogP contribution in [-0.2, 0) is 0 Å². The van der Waals surface area contributed by atoms with E-state index in [9.17, 15) is 0 Å². The first kappa shape index (κ1) is 24.9. The van der Waals surface area contributed by atoms with Crippen molar-refractivity contribution in [3.8, 4) is 22.8 Å². The number of nitrogens with zero attached hydrogens (tertiary/aromatic N) is 4. The Hall–Kier alpha value is -4.42. The van der Waals surface area contributed by atoms with Crippen molar-refractivity contribution in [1.82, 2.24) is 9.97 Å². The van der Waals surface area contributed by atoms with Gasteiger partial charge in [0.25, 0.3) is 0 Å². The zero-order chi connectivity index (χ0) is 26.8. The molecule has 0 saturated carbocycles. The minimum absolute atomic E-state index is 0.154. The molecule has 5 aromatic rings. The normalized spacial score (nSPS) is 14.9. The number of aromatic nitrogens is 2. The highest BCUT2D eigenvalue weighted by atomic mass is 35.5. The highest BCUT2D eigenvalue weighted by molar-refractivity contribution is 6.31. The molecule has 2 heterocycles. The predicted octanol–water partition coefficient (Wildman–Crippen LogP) is 7.71. The van der Waals surface area contributed by atoms with Gasteiger partial charge in [-0.2, -0.15) is 5.10 Å². The summed E-state index contributed by atoms with van der Waals surface area (Å²) in [6.07, 6.45) is 0.666. The number of methoxy groups -OCH3 is 1. The van der Waals surface area contributed by atoms with Crippen molar-refractivity contribution in [2.75, 3.05) is 18.7 Å². The van der Waals surface area contributed by atoms with Gasteiger partial charge in [0, 0.05) is 28.0 Å². The summed E-state index contributed by atoms with van der Waals surface area (Å²) in [7, 11) is 1.67. The van der Waals surface area contributed by atoms with E-state index < -0.39 is 0 Å². The van der Waals surface area contributed by atoms with Gasteiger partial charge >= 0.3 is 0 Å². The minimum atomic E-state index is -0.154. The van der Waals surface area contributed by atoms with Crippen LogP contribution in [0, 0.1) is 0 Å². The fourth-order valence-corrected chi connectivity index (χ4v) is 5.12. The third kappa shape index (κ3) is 4.91. The Morgan fingerprint density at radius 2 is 1.64 bits per heavy atom. The minimum Gasteiger partial charge on any atom is -0.497 e. The largest absolute Gasteiger partial charge is 0.497 e. The molecule has 0 radical (unpaired) electrons. The fraction of sp³-hybridized carbons (Fsp3) is 0.156. The topological polar surface area (TPSA) is 59.8 Å². The van der Waals surface area contributed by atoms with Crippen LogP contribution in [0.5, 0.6) is 11.5 Å². The summed E-state index contributed by atoms with van der Waals surface area (Å²) < 4.78 is 11.4. The second-order valence-corrected chi connectivity index (χ2v) is 9.65. The van der Waals surface area contributed by atoms with Gasteiger partial charge in [0.1, 0.15) is 11.5 Å². The maximum atomic E-state index is 6.39. The Labute approximate surface area is 232 Å². The quantitative estimate of drug-likeness (QED) is 0.214. The van der Waals surface area contributed by atoms with Gasteiger partial charge in [-0.1, -0.05) is 60.1 Å². The van der Waals surface area contributed by atoms with Crippen molar-refractivity contribution >= 4 is 34.2 Å². The number of fused-ring (bicyclic) bond motifs is 1. The molecule has 7 heteroatoms. The summed E-state index contributed by atoms with van der Waals surface area (Å²) >= 11 is 6.39. The molecule has 0 aliphatic carbocycles. The number of anilines is 1. The molecule has 0 amide bonds. The molecule has 1 aromatic heterocycles. The number of rotatable bonds is 7. The first-order valence-electron chi connectivity index (χ1n) is 12.9. The lowest BCUT2D eigenvalue weighted by Gasteiger charge is -2.24. The molecule has 1 atom stereocenters. The highest BCUT2D eigenvalue weighted by Crippen LogP contribution is 2.41. The molecule has 39 heavy (non-hydrogen) atoms. The van der Waals surface area contributed by atoms with E-state index in [1.165, 1.54) is 0 Å². The number of hydrogen-bond acceptors (Lipinski definition) is 6. The number of hydrogen-bond donors (Lipinski definition) is 0. The summed E-state index contributed by atoms with van der Waals surface area (Å²) in [5.74, 6) is 2.15. The van der Waals surface area contributed by atoms with Crippen molar-refractivity contribution in [3.63, 3.8) is 0 Å². The molecular formula is C32H27ClN4O2. The van der Waals surface area contributed by atoms with Crippen LogP contribution in [0.4, 0.5) is 5.95 Å². The monoisotopic (exact) mass is 534 g/mol. The molecule has 0 N–H and O–H groups in total. The van der Waals surface area contributed by atoms with Crippen LogP contribution < -0.4 is 14.5 Å². The molecule has 4 aromatic carbocycles. The van der Waals surface area contributed by atoms with Gasteiger partial charge < -0.3 is 9.47 Å². The summed E-state index contributed by atoms with van der Waals surface area (Å²) in [5, 5.41) is 8.56. The smallest absolute Gasteiger partial charge is 0.247 e. The van der Waals surface area contributed by atoms with Crippen molar-refractivity contribution in [1.29, 1.82) is 0 Å². The lowest BCUT2D eigenvalue weighted by Crippen LogP contribution is -2.22. The van der Waals surface area contributed by atoms with Gasteiger partial charge in [0.2, 0.25) is 5.95 Å². The Morgan fingerprint density at radius 3 is 2.41 bits per heavy atom. The average molecular weight is 535 g/mol. The van der Waals surface area contributed by atoms with E-state index in [0.29, 0.717) is 24.0 Å². The van der Waals surface area contributed by atoms with E-state index in [0.717, 1.165) is 50.5 Å². The Morgan fingerprint density at radius 1 is 0.872 bits per heavy atom. The van der Waals surface area contributed by atoms with Gasteiger partial charge in [0.15, 0.2) is 0 Å². The second-order valence-electron chi connectivity index (χ2n) is 9.21. The Kier molecular flexibility index (Phi) is 6.86. The summed E-state index contributed by atoms with van der Waals surface area (Å²) in [6, 6.07) is 31.7. The van der Waals surface area contributed by atoms with Crippen molar-refractivity contribution in [3.05, 3.63) is 113 Å². The van der Waals surface area contributed by atoms with Gasteiger partial charge in [0.05, 0.1) is 36.7 Å². The zero-order valence-electron chi connectivity index (χ0n) is 21.7. The number of hydrazone groups is 1. The Bertz CT molecular complexity index is 1660. The number of ether oxygens (including phenoxy) is 2. The third-order valence-corrected chi connectivity index (χ3v) is 7.04. The number of halogens is 1. The molecule has 0 saturated heterocycles. The van der Waals surface area contributed by atoms with Gasteiger partial charge in [-0.25, -0.2) is 15.0 Å². The van der Waals surface area contributed by atoms with Crippen molar-refractivity contribution in [2.24, 2.45) is 5.10 Å². The van der Waals surface area contributed by atoms with Crippen LogP contribution in [0.1, 0.15) is 30.5 Å². The van der Waals surface area contributed by atoms with Crippen LogP contribution in [0.3, 0.4) is 0 Å². The molecule has 0 bridgehead atoms. The molecular weight excluding hydrogens is 508 g/mol. The summed E-state index contributed by atoms with van der Waals surface area (Å²) in [5.41, 5.74) is 5.59. The first-order chi connectivity index (χ1) is 19.1. The van der Waals surface area contributed by atoms with Gasteiger partial charge in [-0.3, -0.25) is 0 Å². The molecule has 194 valence electrons. The van der Waals surface area contributed by atoms with E-state index in [4.69, 9.17) is 36.1 Å². The van der Waals surface area contributed by atoms with E-state index in [-0.39, 0.29) is 6.04 Å². The van der Waals surface area contributed by atoms with E-state index >= 15 is 0 Å². The highest BCUT2D eigenvalue weighted by Gasteiger charge is 2.34.